The van der Waals surface area contributed by atoms with Crippen molar-refractivity contribution in [2.75, 3.05) is 24.0 Å². The first kappa shape index (κ1) is 11.7. The minimum Gasteiger partial charge on any atom is -0.380 e. The zero-order valence-corrected chi connectivity index (χ0v) is 9.04. The molecule has 0 atom stereocenters. The monoisotopic (exact) mass is 212 g/mol. The molecule has 0 bridgehead atoms. The van der Waals surface area contributed by atoms with Crippen LogP contribution in [-0.4, -0.2) is 18.8 Å². The lowest BCUT2D eigenvalue weighted by molar-refractivity contribution is 0.278. The van der Waals surface area contributed by atoms with Gasteiger partial charge >= 0.3 is 0 Å². The molecule has 5 nitrogen and oxygen atoms in total. The number of rotatable bonds is 6. The summed E-state index contributed by atoms with van der Waals surface area (Å²) >= 11 is 0. The van der Waals surface area contributed by atoms with Crippen molar-refractivity contribution in [3.05, 3.63) is 20.4 Å². The van der Waals surface area contributed by atoms with E-state index in [4.69, 9.17) is 5.21 Å². The summed E-state index contributed by atoms with van der Waals surface area (Å²) in [7, 11) is 1.33. The van der Waals surface area contributed by atoms with Gasteiger partial charge in [-0.2, -0.15) is 0 Å². The molecule has 0 aliphatic carbocycles. The topological polar surface area (TPSA) is 69.6 Å². The summed E-state index contributed by atoms with van der Waals surface area (Å²) in [6.07, 6.45) is 3.12. The van der Waals surface area contributed by atoms with E-state index < -0.39 is 10.9 Å². The van der Waals surface area contributed by atoms with E-state index in [9.17, 15) is 9.59 Å². The van der Waals surface area contributed by atoms with E-state index in [1.54, 1.807) is 0 Å². The molecule has 0 saturated heterocycles. The van der Waals surface area contributed by atoms with Gasteiger partial charge in [0.2, 0.25) is 0 Å². The maximum Gasteiger partial charge on any atom is 0.255 e. The van der Waals surface area contributed by atoms with Crippen molar-refractivity contribution in [3.8, 4) is 0 Å². The van der Waals surface area contributed by atoms with Crippen LogP contribution in [0.2, 0.25) is 0 Å². The SMILES string of the molecule is CCCCCNc1c(N(C)O)c(=O)c1=O. The Morgan fingerprint density at radius 2 is 1.93 bits per heavy atom. The number of unbranched alkanes of at least 4 members (excludes halogenated alkanes) is 2. The molecule has 0 aromatic heterocycles. The van der Waals surface area contributed by atoms with Crippen LogP contribution in [0.3, 0.4) is 0 Å². The zero-order valence-electron chi connectivity index (χ0n) is 9.04. The number of hydrogen-bond donors (Lipinski definition) is 2. The summed E-state index contributed by atoms with van der Waals surface area (Å²) in [5.41, 5.74) is -0.863. The van der Waals surface area contributed by atoms with Gasteiger partial charge in [0.05, 0.1) is 0 Å². The third kappa shape index (κ3) is 2.36. The molecule has 5 heteroatoms. The van der Waals surface area contributed by atoms with Crippen LogP contribution in [0, 0.1) is 0 Å². The Balaban J connectivity index is 2.58. The summed E-state index contributed by atoms with van der Waals surface area (Å²) in [5.74, 6) is 0. The first-order chi connectivity index (χ1) is 7.09. The minimum absolute atomic E-state index is 0.0662. The summed E-state index contributed by atoms with van der Waals surface area (Å²) in [5, 5.41) is 12.7. The highest BCUT2D eigenvalue weighted by atomic mass is 16.5. The van der Waals surface area contributed by atoms with Gasteiger partial charge in [-0.25, -0.2) is 0 Å². The van der Waals surface area contributed by atoms with Crippen molar-refractivity contribution in [1.29, 1.82) is 0 Å². The standard InChI is InChI=1S/C10H16N2O3/c1-3-4-5-6-11-7-8(12(2)15)10(14)9(7)13/h11,15H,3-6H2,1-2H3. The smallest absolute Gasteiger partial charge is 0.255 e. The third-order valence-electron chi connectivity index (χ3n) is 2.29. The van der Waals surface area contributed by atoms with Crippen LogP contribution in [-0.2, 0) is 0 Å². The fourth-order valence-electron chi connectivity index (χ4n) is 1.44. The molecule has 1 rings (SSSR count). The lowest BCUT2D eigenvalue weighted by Crippen LogP contribution is -2.40. The third-order valence-corrected chi connectivity index (χ3v) is 2.29. The Hall–Kier alpha value is -1.36. The number of hydrogen-bond acceptors (Lipinski definition) is 5. The quantitative estimate of drug-likeness (QED) is 0.413. The van der Waals surface area contributed by atoms with E-state index in [0.717, 1.165) is 19.3 Å². The average Bonchev–Trinajstić information content (AvgIpc) is 2.20. The minimum atomic E-state index is -0.627. The van der Waals surface area contributed by atoms with E-state index in [1.165, 1.54) is 7.05 Å². The molecule has 0 heterocycles. The maximum absolute atomic E-state index is 11.1. The molecule has 84 valence electrons. The van der Waals surface area contributed by atoms with Crippen molar-refractivity contribution >= 4 is 11.4 Å². The molecule has 15 heavy (non-hydrogen) atoms. The van der Waals surface area contributed by atoms with Crippen LogP contribution in [0.1, 0.15) is 26.2 Å². The lowest BCUT2D eigenvalue weighted by Gasteiger charge is -2.17. The summed E-state index contributed by atoms with van der Waals surface area (Å²) < 4.78 is 0. The van der Waals surface area contributed by atoms with Crippen LogP contribution in [0.25, 0.3) is 0 Å². The van der Waals surface area contributed by atoms with E-state index in [1.807, 2.05) is 0 Å². The number of hydroxylamine groups is 1. The highest BCUT2D eigenvalue weighted by molar-refractivity contribution is 5.73. The molecule has 0 aliphatic rings. The molecule has 0 fully saturated rings. The van der Waals surface area contributed by atoms with Crippen LogP contribution in [0.15, 0.2) is 9.59 Å². The molecule has 0 spiro atoms. The number of anilines is 2. The molecule has 0 radical (unpaired) electrons. The molecule has 1 aromatic rings. The predicted octanol–water partition coefficient (Wildman–Crippen LogP) is 0.710. The molecule has 0 amide bonds. The Kier molecular flexibility index (Phi) is 3.85. The second-order valence-electron chi connectivity index (χ2n) is 3.54. The Morgan fingerprint density at radius 1 is 1.27 bits per heavy atom. The van der Waals surface area contributed by atoms with E-state index in [2.05, 4.69) is 12.2 Å². The zero-order chi connectivity index (χ0) is 11.4. The average molecular weight is 212 g/mol. The first-order valence-corrected chi connectivity index (χ1v) is 5.09. The Bertz CT molecular complexity index is 391. The van der Waals surface area contributed by atoms with Crippen molar-refractivity contribution in [1.82, 2.24) is 0 Å². The summed E-state index contributed by atoms with van der Waals surface area (Å²) in [6.45, 7) is 2.74. The second-order valence-corrected chi connectivity index (χ2v) is 3.54. The van der Waals surface area contributed by atoms with Crippen LogP contribution in [0.4, 0.5) is 11.4 Å². The Morgan fingerprint density at radius 3 is 2.47 bits per heavy atom. The molecule has 0 unspecified atom stereocenters. The molecular weight excluding hydrogens is 196 g/mol. The van der Waals surface area contributed by atoms with Crippen molar-refractivity contribution < 1.29 is 5.21 Å². The van der Waals surface area contributed by atoms with Crippen molar-refractivity contribution in [3.63, 3.8) is 0 Å². The van der Waals surface area contributed by atoms with Crippen LogP contribution < -0.4 is 21.2 Å². The highest BCUT2D eigenvalue weighted by Gasteiger charge is 2.22. The Labute approximate surface area is 88.0 Å². The molecule has 0 aliphatic heterocycles. The molecular formula is C10H16N2O3. The van der Waals surface area contributed by atoms with Gasteiger partial charge in [0, 0.05) is 13.6 Å². The van der Waals surface area contributed by atoms with Gasteiger partial charge < -0.3 is 5.32 Å². The fraction of sp³-hybridized carbons (Fsp3) is 0.600. The lowest BCUT2D eigenvalue weighted by atomic mass is 10.2. The normalized spacial score (nSPS) is 10.6. The fourth-order valence-corrected chi connectivity index (χ4v) is 1.44. The van der Waals surface area contributed by atoms with Crippen molar-refractivity contribution in [2.45, 2.75) is 26.2 Å². The van der Waals surface area contributed by atoms with Gasteiger partial charge in [-0.15, -0.1) is 0 Å². The summed E-state index contributed by atoms with van der Waals surface area (Å²) in [4.78, 5) is 22.2. The van der Waals surface area contributed by atoms with Gasteiger partial charge in [-0.3, -0.25) is 19.9 Å². The van der Waals surface area contributed by atoms with Gasteiger partial charge in [-0.05, 0) is 6.42 Å². The van der Waals surface area contributed by atoms with Gasteiger partial charge in [0.1, 0.15) is 11.4 Å². The van der Waals surface area contributed by atoms with Gasteiger partial charge in [0.15, 0.2) is 0 Å². The van der Waals surface area contributed by atoms with E-state index >= 15 is 0 Å². The van der Waals surface area contributed by atoms with E-state index in [0.29, 0.717) is 11.6 Å². The predicted molar refractivity (Wildman–Crippen MR) is 59.6 cm³/mol. The molecule has 0 saturated carbocycles. The van der Waals surface area contributed by atoms with Gasteiger partial charge in [0.25, 0.3) is 10.9 Å². The van der Waals surface area contributed by atoms with Crippen molar-refractivity contribution in [2.24, 2.45) is 0 Å². The van der Waals surface area contributed by atoms with Crippen LogP contribution >= 0.6 is 0 Å². The number of nitrogens with one attached hydrogen (secondary N) is 1. The first-order valence-electron chi connectivity index (χ1n) is 5.09. The molecule has 2 N–H and O–H groups in total. The van der Waals surface area contributed by atoms with Gasteiger partial charge in [-0.1, -0.05) is 19.8 Å². The van der Waals surface area contributed by atoms with Crippen LogP contribution in [0.5, 0.6) is 0 Å². The molecule has 1 aromatic carbocycles. The number of nitrogens with zero attached hydrogens (tertiary/aromatic N) is 1. The second kappa shape index (κ2) is 4.93. The largest absolute Gasteiger partial charge is 0.380 e. The maximum atomic E-state index is 11.1. The van der Waals surface area contributed by atoms with E-state index in [-0.39, 0.29) is 11.4 Å². The highest BCUT2D eigenvalue weighted by Crippen LogP contribution is 2.16. The summed E-state index contributed by atoms with van der Waals surface area (Å²) in [6, 6.07) is 0.